The quantitative estimate of drug-likeness (QED) is 0.468. The van der Waals surface area contributed by atoms with E-state index in [2.05, 4.69) is 0 Å². The molecule has 70 valence electrons. The summed E-state index contributed by atoms with van der Waals surface area (Å²) in [4.78, 5) is 21.4. The Morgan fingerprint density at radius 2 is 2.08 bits per heavy atom. The molecule has 12 heavy (non-hydrogen) atoms. The van der Waals surface area contributed by atoms with Crippen molar-refractivity contribution in [3.8, 4) is 0 Å². The molecule has 0 amide bonds. The summed E-state index contributed by atoms with van der Waals surface area (Å²) in [6.45, 7) is 5.12. The predicted molar refractivity (Wildman–Crippen MR) is 45.8 cm³/mol. The fourth-order valence-electron chi connectivity index (χ4n) is 1.18. The van der Waals surface area contributed by atoms with Crippen LogP contribution in [0.1, 0.15) is 40.0 Å². The zero-order chi connectivity index (χ0) is 9.61. The van der Waals surface area contributed by atoms with Gasteiger partial charge in [0.25, 0.3) is 0 Å². The van der Waals surface area contributed by atoms with E-state index in [0.717, 1.165) is 12.7 Å². The molecule has 0 aromatic rings. The number of carbonyl (C=O) groups excluding carboxylic acids is 2. The average molecular weight is 172 g/mol. The molecule has 0 aromatic carbocycles. The summed E-state index contributed by atoms with van der Waals surface area (Å²) in [5.74, 6) is -0.391. The highest BCUT2D eigenvalue weighted by Gasteiger charge is 2.29. The number of hydrogen-bond acceptors (Lipinski definition) is 3. The van der Waals surface area contributed by atoms with E-state index < -0.39 is 11.6 Å². The second kappa shape index (κ2) is 4.91. The first-order chi connectivity index (χ1) is 5.60. The van der Waals surface area contributed by atoms with Crippen molar-refractivity contribution in [2.75, 3.05) is 0 Å². The van der Waals surface area contributed by atoms with E-state index in [-0.39, 0.29) is 0 Å². The van der Waals surface area contributed by atoms with Gasteiger partial charge in [-0.2, -0.15) is 0 Å². The Labute approximate surface area is 73.1 Å². The number of hydrogen-bond donors (Lipinski definition) is 0. The molecule has 0 saturated carbocycles. The van der Waals surface area contributed by atoms with Gasteiger partial charge in [0, 0.05) is 6.92 Å². The minimum Gasteiger partial charge on any atom is -0.452 e. The molecule has 0 aliphatic heterocycles. The SMILES string of the molecule is CCCC(C=O)(CC)OC(C)=O. The third kappa shape index (κ3) is 3.03. The van der Waals surface area contributed by atoms with Crippen LogP contribution in [0.15, 0.2) is 0 Å². The highest BCUT2D eigenvalue weighted by atomic mass is 16.6. The van der Waals surface area contributed by atoms with Crippen molar-refractivity contribution >= 4 is 12.3 Å². The van der Waals surface area contributed by atoms with Crippen molar-refractivity contribution in [1.82, 2.24) is 0 Å². The molecule has 1 unspecified atom stereocenters. The molecule has 0 bridgehead atoms. The van der Waals surface area contributed by atoms with Crippen LogP contribution in [0.2, 0.25) is 0 Å². The maximum absolute atomic E-state index is 10.7. The molecular formula is C9H16O3. The van der Waals surface area contributed by atoms with Crippen LogP contribution in [0.3, 0.4) is 0 Å². The molecule has 0 saturated heterocycles. The van der Waals surface area contributed by atoms with Gasteiger partial charge < -0.3 is 4.74 Å². The van der Waals surface area contributed by atoms with Gasteiger partial charge >= 0.3 is 5.97 Å². The summed E-state index contributed by atoms with van der Waals surface area (Å²) in [5, 5.41) is 0. The standard InChI is InChI=1S/C9H16O3/c1-4-6-9(5-2,7-10)12-8(3)11/h7H,4-6H2,1-3H3. The molecule has 0 aromatic heterocycles. The molecule has 0 spiro atoms. The molecule has 1 atom stereocenters. The number of rotatable bonds is 5. The van der Waals surface area contributed by atoms with Gasteiger partial charge in [-0.05, 0) is 12.8 Å². The Morgan fingerprint density at radius 1 is 1.50 bits per heavy atom. The number of esters is 1. The van der Waals surface area contributed by atoms with Gasteiger partial charge in [-0.25, -0.2) is 0 Å². The van der Waals surface area contributed by atoms with Crippen molar-refractivity contribution in [2.24, 2.45) is 0 Å². The topological polar surface area (TPSA) is 43.4 Å². The summed E-state index contributed by atoms with van der Waals surface area (Å²) < 4.78 is 4.97. The van der Waals surface area contributed by atoms with Crippen molar-refractivity contribution < 1.29 is 14.3 Å². The highest BCUT2D eigenvalue weighted by Crippen LogP contribution is 2.19. The van der Waals surface area contributed by atoms with Gasteiger partial charge in [-0.3, -0.25) is 9.59 Å². The lowest BCUT2D eigenvalue weighted by Gasteiger charge is -2.25. The first-order valence-electron chi connectivity index (χ1n) is 4.26. The Hall–Kier alpha value is -0.860. The molecule has 0 fully saturated rings. The smallest absolute Gasteiger partial charge is 0.303 e. The lowest BCUT2D eigenvalue weighted by atomic mass is 9.96. The molecule has 0 heterocycles. The van der Waals surface area contributed by atoms with Gasteiger partial charge in [0.05, 0.1) is 0 Å². The van der Waals surface area contributed by atoms with Crippen molar-refractivity contribution in [2.45, 2.75) is 45.6 Å². The van der Waals surface area contributed by atoms with Crippen molar-refractivity contribution in [3.05, 3.63) is 0 Å². The van der Waals surface area contributed by atoms with E-state index in [1.807, 2.05) is 13.8 Å². The van der Waals surface area contributed by atoms with E-state index in [1.165, 1.54) is 6.92 Å². The van der Waals surface area contributed by atoms with Crippen LogP contribution < -0.4 is 0 Å². The number of aldehydes is 1. The maximum Gasteiger partial charge on any atom is 0.303 e. The van der Waals surface area contributed by atoms with E-state index in [9.17, 15) is 9.59 Å². The minimum absolute atomic E-state index is 0.391. The van der Waals surface area contributed by atoms with Crippen LogP contribution in [-0.2, 0) is 14.3 Å². The Bertz CT molecular complexity index is 165. The van der Waals surface area contributed by atoms with Crippen LogP contribution in [-0.4, -0.2) is 17.9 Å². The van der Waals surface area contributed by atoms with Gasteiger partial charge in [0.1, 0.15) is 0 Å². The van der Waals surface area contributed by atoms with Gasteiger partial charge in [0.2, 0.25) is 0 Å². The Balaban J connectivity index is 4.33. The molecule has 0 aliphatic rings. The fourth-order valence-corrected chi connectivity index (χ4v) is 1.18. The van der Waals surface area contributed by atoms with Crippen molar-refractivity contribution in [1.29, 1.82) is 0 Å². The number of carbonyl (C=O) groups is 2. The van der Waals surface area contributed by atoms with Gasteiger partial charge in [-0.15, -0.1) is 0 Å². The first-order valence-corrected chi connectivity index (χ1v) is 4.26. The molecule has 0 aliphatic carbocycles. The highest BCUT2D eigenvalue weighted by molar-refractivity contribution is 5.72. The third-order valence-electron chi connectivity index (χ3n) is 1.83. The molecule has 0 N–H and O–H groups in total. The van der Waals surface area contributed by atoms with Gasteiger partial charge in [-0.1, -0.05) is 20.3 Å². The molecule has 0 rings (SSSR count). The first kappa shape index (κ1) is 11.1. The summed E-state index contributed by atoms with van der Waals surface area (Å²) >= 11 is 0. The summed E-state index contributed by atoms with van der Waals surface area (Å²) in [5.41, 5.74) is -0.874. The summed E-state index contributed by atoms with van der Waals surface area (Å²) in [7, 11) is 0. The summed E-state index contributed by atoms with van der Waals surface area (Å²) in [6.07, 6.45) is 2.72. The molecule has 0 radical (unpaired) electrons. The Morgan fingerprint density at radius 3 is 2.33 bits per heavy atom. The fraction of sp³-hybridized carbons (Fsp3) is 0.778. The van der Waals surface area contributed by atoms with Crippen LogP contribution >= 0.6 is 0 Å². The van der Waals surface area contributed by atoms with Crippen LogP contribution in [0.5, 0.6) is 0 Å². The zero-order valence-electron chi connectivity index (χ0n) is 7.92. The largest absolute Gasteiger partial charge is 0.452 e. The minimum atomic E-state index is -0.874. The predicted octanol–water partition coefficient (Wildman–Crippen LogP) is 1.70. The molecule has 3 nitrogen and oxygen atoms in total. The van der Waals surface area contributed by atoms with E-state index in [4.69, 9.17) is 4.74 Å². The molecular weight excluding hydrogens is 156 g/mol. The lowest BCUT2D eigenvalue weighted by molar-refractivity contribution is -0.161. The third-order valence-corrected chi connectivity index (χ3v) is 1.83. The van der Waals surface area contributed by atoms with Crippen LogP contribution in [0.4, 0.5) is 0 Å². The number of ether oxygens (including phenoxy) is 1. The van der Waals surface area contributed by atoms with Gasteiger partial charge in [0.15, 0.2) is 11.9 Å². The monoisotopic (exact) mass is 172 g/mol. The average Bonchev–Trinajstić information content (AvgIpc) is 2.03. The molecule has 3 heteroatoms. The van der Waals surface area contributed by atoms with Crippen LogP contribution in [0, 0.1) is 0 Å². The van der Waals surface area contributed by atoms with E-state index in [0.29, 0.717) is 12.8 Å². The zero-order valence-corrected chi connectivity index (χ0v) is 7.92. The van der Waals surface area contributed by atoms with Crippen molar-refractivity contribution in [3.63, 3.8) is 0 Å². The summed E-state index contributed by atoms with van der Waals surface area (Å²) in [6, 6.07) is 0. The second-order valence-electron chi connectivity index (χ2n) is 2.88. The maximum atomic E-state index is 10.7. The van der Waals surface area contributed by atoms with Crippen LogP contribution in [0.25, 0.3) is 0 Å². The van der Waals surface area contributed by atoms with E-state index in [1.54, 1.807) is 0 Å². The second-order valence-corrected chi connectivity index (χ2v) is 2.88. The lowest BCUT2D eigenvalue weighted by Crippen LogP contribution is -2.35. The Kier molecular flexibility index (Phi) is 4.55. The van der Waals surface area contributed by atoms with E-state index >= 15 is 0 Å². The normalized spacial score (nSPS) is 14.9.